The molecule has 0 aromatic carbocycles. The molecule has 3 heterocycles. The third-order valence-electron chi connectivity index (χ3n) is 5.50. The van der Waals surface area contributed by atoms with Crippen LogP contribution in [-0.2, 0) is 28.9 Å². The van der Waals surface area contributed by atoms with Crippen molar-refractivity contribution in [3.63, 3.8) is 0 Å². The van der Waals surface area contributed by atoms with Gasteiger partial charge in [0, 0.05) is 37.5 Å². The molecule has 0 bridgehead atoms. The van der Waals surface area contributed by atoms with E-state index in [0.29, 0.717) is 24.4 Å². The van der Waals surface area contributed by atoms with Crippen LogP contribution in [0.2, 0.25) is 0 Å². The molecule has 2 saturated heterocycles. The highest BCUT2D eigenvalue weighted by atomic mass is 32.2. The first-order chi connectivity index (χ1) is 15.1. The monoisotopic (exact) mass is 465 g/mol. The molecule has 0 aliphatic carbocycles. The molecule has 0 saturated carbocycles. The summed E-state index contributed by atoms with van der Waals surface area (Å²) in [5.74, 6) is 5.13. The number of hydrogen-bond donors (Lipinski definition) is 1. The van der Waals surface area contributed by atoms with Crippen LogP contribution in [0.15, 0.2) is 18.3 Å². The molecule has 10 nitrogen and oxygen atoms in total. The predicted molar refractivity (Wildman–Crippen MR) is 115 cm³/mol. The van der Waals surface area contributed by atoms with Gasteiger partial charge in [0.25, 0.3) is 5.91 Å². The number of pyridine rings is 1. The van der Waals surface area contributed by atoms with Gasteiger partial charge in [-0.05, 0) is 38.8 Å². The number of carbonyl (C=O) groups is 2. The Morgan fingerprint density at radius 3 is 2.78 bits per heavy atom. The first-order valence-electron chi connectivity index (χ1n) is 10.3. The second-order valence-electron chi connectivity index (χ2n) is 7.95. The quantitative estimate of drug-likeness (QED) is 0.475. The number of nitrogens with zero attached hydrogens (tertiary/aromatic N) is 2. The van der Waals surface area contributed by atoms with Crippen LogP contribution in [-0.4, -0.2) is 62.0 Å². The molecule has 0 radical (unpaired) electrons. The van der Waals surface area contributed by atoms with E-state index in [4.69, 9.17) is 14.3 Å². The Kier molecular flexibility index (Phi) is 7.38. The van der Waals surface area contributed by atoms with Crippen molar-refractivity contribution in [3.8, 4) is 11.8 Å². The van der Waals surface area contributed by atoms with E-state index >= 15 is 0 Å². The van der Waals surface area contributed by atoms with Crippen molar-refractivity contribution >= 4 is 27.7 Å². The van der Waals surface area contributed by atoms with Gasteiger partial charge >= 0.3 is 6.09 Å². The number of amides is 2. The zero-order valence-electron chi connectivity index (χ0n) is 18.3. The van der Waals surface area contributed by atoms with Gasteiger partial charge in [-0.1, -0.05) is 5.92 Å². The lowest BCUT2D eigenvalue weighted by atomic mass is 10.0. The number of hydroxylamine groups is 1. The molecule has 1 aromatic rings. The summed E-state index contributed by atoms with van der Waals surface area (Å²) in [7, 11) is -3.89. The first-order valence-corrected chi connectivity index (χ1v) is 12.2. The second kappa shape index (κ2) is 9.85. The fourth-order valence-electron chi connectivity index (χ4n) is 3.46. The Bertz CT molecular complexity index is 1010. The Labute approximate surface area is 187 Å². The lowest BCUT2D eigenvalue weighted by Crippen LogP contribution is -2.53. The van der Waals surface area contributed by atoms with Gasteiger partial charge in [-0.3, -0.25) is 9.69 Å². The number of ether oxygens (including phenoxy) is 2. The van der Waals surface area contributed by atoms with Crippen LogP contribution in [0.25, 0.3) is 0 Å². The van der Waals surface area contributed by atoms with Crippen molar-refractivity contribution in [1.29, 1.82) is 0 Å². The SMILES string of the molecule is CC#Cc1ccc(N2CC(C[C@](C)(C(=O)NOC3CCCCO3)S(C)(=O)=O)OC2=O)nc1. The van der Waals surface area contributed by atoms with Crippen LogP contribution in [0, 0.1) is 11.8 Å². The summed E-state index contributed by atoms with van der Waals surface area (Å²) >= 11 is 0. The lowest BCUT2D eigenvalue weighted by molar-refractivity contribution is -0.201. The van der Waals surface area contributed by atoms with E-state index in [-0.39, 0.29) is 13.0 Å². The number of rotatable bonds is 7. The minimum Gasteiger partial charge on any atom is -0.444 e. The molecule has 3 rings (SSSR count). The minimum absolute atomic E-state index is 0.0512. The van der Waals surface area contributed by atoms with Crippen LogP contribution in [0.5, 0.6) is 0 Å². The van der Waals surface area contributed by atoms with Crippen molar-refractivity contribution in [2.45, 2.75) is 56.7 Å². The predicted octanol–water partition coefficient (Wildman–Crippen LogP) is 1.55. The van der Waals surface area contributed by atoms with Gasteiger partial charge in [-0.15, -0.1) is 5.92 Å². The average molecular weight is 466 g/mol. The fraction of sp³-hybridized carbons (Fsp3) is 0.571. The number of hydrogen-bond acceptors (Lipinski definition) is 8. The van der Waals surface area contributed by atoms with Gasteiger partial charge in [0.2, 0.25) is 0 Å². The van der Waals surface area contributed by atoms with Gasteiger partial charge in [0.1, 0.15) is 11.9 Å². The minimum atomic E-state index is -3.89. The highest BCUT2D eigenvalue weighted by molar-refractivity contribution is 7.92. The Morgan fingerprint density at radius 1 is 1.41 bits per heavy atom. The first kappa shape index (κ1) is 24.0. The Hall–Kier alpha value is -2.68. The summed E-state index contributed by atoms with van der Waals surface area (Å²) in [5.41, 5.74) is 2.92. The molecule has 2 amide bonds. The van der Waals surface area contributed by atoms with Gasteiger partial charge in [-0.25, -0.2) is 28.5 Å². The van der Waals surface area contributed by atoms with Crippen LogP contribution in [0.4, 0.5) is 10.6 Å². The van der Waals surface area contributed by atoms with Crippen LogP contribution < -0.4 is 10.4 Å². The maximum Gasteiger partial charge on any atom is 0.415 e. The van der Waals surface area contributed by atoms with E-state index in [9.17, 15) is 18.0 Å². The van der Waals surface area contributed by atoms with Crippen LogP contribution in [0.3, 0.4) is 0 Å². The maximum absolute atomic E-state index is 12.8. The highest BCUT2D eigenvalue weighted by Gasteiger charge is 2.49. The number of cyclic esters (lactones) is 1. The van der Waals surface area contributed by atoms with Crippen molar-refractivity contribution < 1.29 is 32.3 Å². The second-order valence-corrected chi connectivity index (χ2v) is 10.4. The topological polar surface area (TPSA) is 124 Å². The lowest BCUT2D eigenvalue weighted by Gasteiger charge is -2.29. The smallest absolute Gasteiger partial charge is 0.415 e. The van der Waals surface area contributed by atoms with Gasteiger partial charge in [0.15, 0.2) is 20.9 Å². The summed E-state index contributed by atoms with van der Waals surface area (Å²) in [6.45, 7) is 3.56. The average Bonchev–Trinajstić information content (AvgIpc) is 3.12. The van der Waals surface area contributed by atoms with Crippen molar-refractivity contribution in [2.75, 3.05) is 24.3 Å². The third-order valence-corrected chi connectivity index (χ3v) is 7.49. The van der Waals surface area contributed by atoms with Gasteiger partial charge in [0.05, 0.1) is 6.54 Å². The van der Waals surface area contributed by atoms with Crippen molar-refractivity contribution in [3.05, 3.63) is 23.9 Å². The summed E-state index contributed by atoms with van der Waals surface area (Å²) in [5, 5.41) is 0. The number of nitrogens with one attached hydrogen (secondary N) is 1. The van der Waals surface area contributed by atoms with Crippen LogP contribution >= 0.6 is 0 Å². The molecule has 2 fully saturated rings. The summed E-state index contributed by atoms with van der Waals surface area (Å²) in [4.78, 5) is 36.0. The number of aromatic nitrogens is 1. The maximum atomic E-state index is 12.8. The fourth-order valence-corrected chi connectivity index (χ4v) is 4.32. The summed E-state index contributed by atoms with van der Waals surface area (Å²) in [6, 6.07) is 3.35. The molecule has 0 spiro atoms. The Morgan fingerprint density at radius 2 is 2.19 bits per heavy atom. The molecule has 3 atom stereocenters. The van der Waals surface area contributed by atoms with Crippen molar-refractivity contribution in [1.82, 2.24) is 10.5 Å². The molecule has 1 aromatic heterocycles. The normalized spacial score (nSPS) is 23.0. The van der Waals surface area contributed by atoms with E-state index in [0.717, 1.165) is 19.1 Å². The Balaban J connectivity index is 1.69. The molecule has 2 aliphatic heterocycles. The zero-order chi connectivity index (χ0) is 23.4. The van der Waals surface area contributed by atoms with Crippen molar-refractivity contribution in [2.24, 2.45) is 0 Å². The summed E-state index contributed by atoms with van der Waals surface area (Å²) in [6.07, 6.45) is 2.52. The van der Waals surface area contributed by atoms with E-state index in [1.165, 1.54) is 18.0 Å². The van der Waals surface area contributed by atoms with Crippen LogP contribution in [0.1, 0.15) is 45.1 Å². The molecule has 2 aliphatic rings. The number of sulfone groups is 1. The number of anilines is 1. The molecule has 2 unspecified atom stereocenters. The summed E-state index contributed by atoms with van der Waals surface area (Å²) < 4.78 is 33.9. The molecule has 32 heavy (non-hydrogen) atoms. The van der Waals surface area contributed by atoms with E-state index < -0.39 is 39.0 Å². The van der Waals surface area contributed by atoms with Gasteiger partial charge < -0.3 is 9.47 Å². The molecule has 11 heteroatoms. The third kappa shape index (κ3) is 5.38. The van der Waals surface area contributed by atoms with E-state index in [1.54, 1.807) is 19.1 Å². The number of carbonyl (C=O) groups excluding carboxylic acids is 2. The standard InChI is InChI=1S/C21H27N3O7S/c1-4-7-15-9-10-17(22-13-15)24-14-16(30-20(24)26)12-21(2,32(3,27)28)19(25)23-31-18-8-5-6-11-29-18/h9-10,13,16,18H,5-6,8,11-12,14H2,1-3H3,(H,23,25)/t16?,18?,21-/m1/s1. The van der Waals surface area contributed by atoms with E-state index in [1.807, 2.05) is 0 Å². The molecular weight excluding hydrogens is 438 g/mol. The van der Waals surface area contributed by atoms with Gasteiger partial charge in [-0.2, -0.15) is 0 Å². The molecular formula is C21H27N3O7S. The molecule has 1 N–H and O–H groups in total. The largest absolute Gasteiger partial charge is 0.444 e. The molecule has 174 valence electrons. The zero-order valence-corrected chi connectivity index (χ0v) is 19.1. The highest BCUT2D eigenvalue weighted by Crippen LogP contribution is 2.29. The van der Waals surface area contributed by atoms with E-state index in [2.05, 4.69) is 22.3 Å².